The van der Waals surface area contributed by atoms with Crippen LogP contribution >= 0.6 is 0 Å². The van der Waals surface area contributed by atoms with E-state index in [1.54, 1.807) is 4.57 Å². The molecule has 0 spiro atoms. The minimum Gasteiger partial charge on any atom is -0.460 e. The Hall–Kier alpha value is -2.90. The summed E-state index contributed by atoms with van der Waals surface area (Å²) in [5, 5.41) is 2.32. The van der Waals surface area contributed by atoms with Gasteiger partial charge in [0.05, 0.1) is 11.0 Å². The van der Waals surface area contributed by atoms with Gasteiger partial charge in [0.25, 0.3) is 0 Å². The molecule has 1 N–H and O–H groups in total. The van der Waals surface area contributed by atoms with Gasteiger partial charge in [-0.2, -0.15) is 0 Å². The first-order valence-corrected chi connectivity index (χ1v) is 10.4. The Morgan fingerprint density at radius 2 is 1.80 bits per heavy atom. The van der Waals surface area contributed by atoms with Crippen molar-refractivity contribution in [2.24, 2.45) is 0 Å². The molecular formula is C22H29N3O5. The van der Waals surface area contributed by atoms with Crippen LogP contribution in [0.4, 0.5) is 0 Å². The first-order valence-electron chi connectivity index (χ1n) is 10.4. The van der Waals surface area contributed by atoms with Crippen molar-refractivity contribution < 1.29 is 19.1 Å². The number of benzene rings is 1. The Morgan fingerprint density at radius 1 is 1.10 bits per heavy atom. The van der Waals surface area contributed by atoms with Crippen LogP contribution in [0.5, 0.6) is 0 Å². The fourth-order valence-corrected chi connectivity index (χ4v) is 3.79. The van der Waals surface area contributed by atoms with Gasteiger partial charge in [-0.05, 0) is 52.2 Å². The van der Waals surface area contributed by atoms with Gasteiger partial charge in [-0.25, -0.2) is 4.79 Å². The number of ether oxygens (including phenoxy) is 1. The number of nitrogens with one attached hydrogen (secondary N) is 1. The fourth-order valence-electron chi connectivity index (χ4n) is 3.79. The minimum atomic E-state index is -0.687. The molecule has 1 aliphatic heterocycles. The number of aryl methyl sites for hydroxylation is 1. The van der Waals surface area contributed by atoms with Crippen LogP contribution in [0.15, 0.2) is 29.1 Å². The van der Waals surface area contributed by atoms with Crippen molar-refractivity contribution in [1.82, 2.24) is 14.5 Å². The van der Waals surface area contributed by atoms with Crippen LogP contribution in [-0.4, -0.2) is 32.5 Å². The highest BCUT2D eigenvalue weighted by Gasteiger charge is 2.31. The molecule has 2 aromatic rings. The number of piperidine rings is 1. The molecule has 0 radical (unpaired) electrons. The maximum absolute atomic E-state index is 13.1. The Morgan fingerprint density at radius 3 is 2.47 bits per heavy atom. The zero-order valence-corrected chi connectivity index (χ0v) is 17.8. The normalized spacial score (nSPS) is 17.2. The number of carbonyl (C=O) groups excluding carboxylic acids is 3. The number of amides is 2. The van der Waals surface area contributed by atoms with Crippen LogP contribution in [0.2, 0.25) is 0 Å². The summed E-state index contributed by atoms with van der Waals surface area (Å²) in [6, 6.07) is 6.68. The van der Waals surface area contributed by atoms with Crippen LogP contribution in [0.3, 0.4) is 0 Å². The maximum Gasteiger partial charge on any atom is 0.329 e. The lowest BCUT2D eigenvalue weighted by molar-refractivity contribution is -0.155. The van der Waals surface area contributed by atoms with Crippen molar-refractivity contribution in [2.45, 2.75) is 77.5 Å². The number of carbonyl (C=O) groups is 3. The van der Waals surface area contributed by atoms with Crippen molar-refractivity contribution in [3.63, 3.8) is 0 Å². The van der Waals surface area contributed by atoms with Crippen LogP contribution in [0.1, 0.15) is 65.3 Å². The summed E-state index contributed by atoms with van der Waals surface area (Å²) < 4.78 is 8.48. The fraction of sp³-hybridized carbons (Fsp3) is 0.545. The summed E-state index contributed by atoms with van der Waals surface area (Å²) >= 11 is 0. The standard InChI is InChI=1S/C22H29N3O5/c1-22(2,3)30-19(27)11-5-4-8-14-24-15-9-6-7-10-16(15)25(21(24)29)17-12-13-18(26)23-20(17)28/h6-7,9-10,17H,4-5,8,11-14H2,1-3H3,(H,23,26,28). The van der Waals surface area contributed by atoms with E-state index in [1.165, 1.54) is 4.57 Å². The van der Waals surface area contributed by atoms with Gasteiger partial charge in [-0.15, -0.1) is 0 Å². The summed E-state index contributed by atoms with van der Waals surface area (Å²) in [4.78, 5) is 48.7. The highest BCUT2D eigenvalue weighted by Crippen LogP contribution is 2.23. The second kappa shape index (κ2) is 8.85. The lowest BCUT2D eigenvalue weighted by Gasteiger charge is -2.21. The lowest BCUT2D eigenvalue weighted by Crippen LogP contribution is -2.44. The molecule has 1 aromatic heterocycles. The Labute approximate surface area is 175 Å². The van der Waals surface area contributed by atoms with Gasteiger partial charge in [0.1, 0.15) is 11.6 Å². The predicted octanol–water partition coefficient (Wildman–Crippen LogP) is 2.68. The Kier molecular flexibility index (Phi) is 6.43. The number of imidazole rings is 1. The SMILES string of the molecule is CC(C)(C)OC(=O)CCCCCn1c(=O)n(C2CCC(=O)NC2=O)c2ccccc21. The van der Waals surface area contributed by atoms with Gasteiger partial charge in [0.15, 0.2) is 0 Å². The Bertz CT molecular complexity index is 1010. The van der Waals surface area contributed by atoms with Crippen LogP contribution in [0, 0.1) is 0 Å². The van der Waals surface area contributed by atoms with Crippen molar-refractivity contribution >= 4 is 28.8 Å². The molecule has 1 fully saturated rings. The van der Waals surface area contributed by atoms with Crippen molar-refractivity contribution in [2.75, 3.05) is 0 Å². The first-order chi connectivity index (χ1) is 14.2. The van der Waals surface area contributed by atoms with E-state index < -0.39 is 17.6 Å². The zero-order chi connectivity index (χ0) is 21.9. The monoisotopic (exact) mass is 415 g/mol. The average Bonchev–Trinajstić information content (AvgIpc) is 2.92. The molecule has 8 heteroatoms. The molecular weight excluding hydrogens is 386 g/mol. The molecule has 8 nitrogen and oxygen atoms in total. The number of hydrogen-bond donors (Lipinski definition) is 1. The van der Waals surface area contributed by atoms with Gasteiger partial charge in [-0.1, -0.05) is 18.6 Å². The summed E-state index contributed by atoms with van der Waals surface area (Å²) in [5.41, 5.74) is 0.713. The molecule has 1 atom stereocenters. The van der Waals surface area contributed by atoms with E-state index in [1.807, 2.05) is 45.0 Å². The van der Waals surface area contributed by atoms with Crippen LogP contribution in [-0.2, 0) is 25.7 Å². The summed E-state index contributed by atoms with van der Waals surface area (Å²) in [7, 11) is 0. The largest absolute Gasteiger partial charge is 0.460 e. The van der Waals surface area contributed by atoms with Gasteiger partial charge in [0, 0.05) is 19.4 Å². The number of para-hydroxylation sites is 2. The van der Waals surface area contributed by atoms with E-state index in [0.29, 0.717) is 31.3 Å². The van der Waals surface area contributed by atoms with Gasteiger partial charge >= 0.3 is 11.7 Å². The van der Waals surface area contributed by atoms with E-state index in [2.05, 4.69) is 5.32 Å². The third-order valence-corrected chi connectivity index (χ3v) is 5.07. The molecule has 1 saturated heterocycles. The van der Waals surface area contributed by atoms with E-state index in [4.69, 9.17) is 4.74 Å². The third-order valence-electron chi connectivity index (χ3n) is 5.07. The molecule has 0 bridgehead atoms. The molecule has 2 amide bonds. The topological polar surface area (TPSA) is 99.4 Å². The average molecular weight is 415 g/mol. The van der Waals surface area contributed by atoms with E-state index >= 15 is 0 Å². The summed E-state index contributed by atoms with van der Waals surface area (Å²) in [6.45, 7) is 6.02. The third kappa shape index (κ3) is 4.98. The molecule has 2 heterocycles. The number of rotatable bonds is 7. The molecule has 3 rings (SSSR count). The maximum atomic E-state index is 13.1. The number of fused-ring (bicyclic) bond motifs is 1. The van der Waals surface area contributed by atoms with Crippen LogP contribution in [0.25, 0.3) is 11.0 Å². The highest BCUT2D eigenvalue weighted by molar-refractivity contribution is 6.00. The summed E-state index contributed by atoms with van der Waals surface area (Å²) in [6.07, 6.45) is 3.08. The van der Waals surface area contributed by atoms with Gasteiger partial charge in [-0.3, -0.25) is 28.8 Å². The summed E-state index contributed by atoms with van der Waals surface area (Å²) in [5.74, 6) is -0.958. The van der Waals surface area contributed by atoms with Crippen LogP contribution < -0.4 is 11.0 Å². The van der Waals surface area contributed by atoms with E-state index in [-0.39, 0.29) is 24.0 Å². The first kappa shape index (κ1) is 21.8. The minimum absolute atomic E-state index is 0.214. The molecule has 1 aromatic carbocycles. The van der Waals surface area contributed by atoms with E-state index in [9.17, 15) is 19.2 Å². The molecule has 162 valence electrons. The van der Waals surface area contributed by atoms with E-state index in [0.717, 1.165) is 18.4 Å². The molecule has 1 unspecified atom stereocenters. The zero-order valence-electron chi connectivity index (χ0n) is 17.8. The number of imide groups is 1. The lowest BCUT2D eigenvalue weighted by atomic mass is 10.1. The second-order valence-electron chi connectivity index (χ2n) is 8.66. The quantitative estimate of drug-likeness (QED) is 0.426. The molecule has 0 aliphatic carbocycles. The number of hydrogen-bond acceptors (Lipinski definition) is 5. The number of esters is 1. The number of nitrogens with zero attached hydrogens (tertiary/aromatic N) is 2. The molecule has 30 heavy (non-hydrogen) atoms. The molecule has 1 aliphatic rings. The van der Waals surface area contributed by atoms with Gasteiger partial charge in [0.2, 0.25) is 11.8 Å². The number of unbranched alkanes of at least 4 members (excludes halogenated alkanes) is 2. The molecule has 0 saturated carbocycles. The smallest absolute Gasteiger partial charge is 0.329 e. The van der Waals surface area contributed by atoms with Gasteiger partial charge < -0.3 is 4.74 Å². The van der Waals surface area contributed by atoms with Crippen molar-refractivity contribution in [3.8, 4) is 0 Å². The Balaban J connectivity index is 1.69. The van der Waals surface area contributed by atoms with Crippen molar-refractivity contribution in [1.29, 1.82) is 0 Å². The second-order valence-corrected chi connectivity index (χ2v) is 8.66. The van der Waals surface area contributed by atoms with Crippen molar-refractivity contribution in [3.05, 3.63) is 34.7 Å². The number of aromatic nitrogens is 2. The predicted molar refractivity (Wildman–Crippen MR) is 112 cm³/mol. The highest BCUT2D eigenvalue weighted by atomic mass is 16.6.